The molecule has 0 saturated heterocycles. The van der Waals surface area contributed by atoms with Gasteiger partial charge in [0.15, 0.2) is 0 Å². The van der Waals surface area contributed by atoms with E-state index in [-0.39, 0.29) is 0 Å². The molecule has 2 atom stereocenters. The summed E-state index contributed by atoms with van der Waals surface area (Å²) in [5.74, 6) is 0. The van der Waals surface area contributed by atoms with Gasteiger partial charge >= 0.3 is 0 Å². The Kier molecular flexibility index (Phi) is 5.02. The normalized spacial score (nSPS) is 15.0. The minimum absolute atomic E-state index is 0.320. The molecule has 0 aliphatic carbocycles. The first kappa shape index (κ1) is 12.9. The van der Waals surface area contributed by atoms with Gasteiger partial charge in [0.05, 0.1) is 6.10 Å². The van der Waals surface area contributed by atoms with Crippen LogP contribution in [0.5, 0.6) is 0 Å². The maximum atomic E-state index is 9.85. The summed E-state index contributed by atoms with van der Waals surface area (Å²) in [5.41, 5.74) is 0.588. The summed E-state index contributed by atoms with van der Waals surface area (Å²) in [6.07, 6.45) is -1.81. The van der Waals surface area contributed by atoms with Crippen molar-refractivity contribution in [2.45, 2.75) is 12.2 Å². The summed E-state index contributed by atoms with van der Waals surface area (Å²) in [5, 5.41) is 22.8. The molecule has 0 aliphatic rings. The second-order valence-electron chi connectivity index (χ2n) is 3.24. The predicted octanol–water partition coefficient (Wildman–Crippen LogP) is 1.72. The Bertz CT molecular complexity index is 335. The topological polar surface area (TPSA) is 52.5 Å². The van der Waals surface area contributed by atoms with E-state index < -0.39 is 12.2 Å². The smallest absolute Gasteiger partial charge is 0.107 e. The van der Waals surface area contributed by atoms with Crippen LogP contribution in [0.1, 0.15) is 11.7 Å². The van der Waals surface area contributed by atoms with Crippen molar-refractivity contribution in [3.63, 3.8) is 0 Å². The number of rotatable bonds is 4. The molecule has 3 nitrogen and oxygen atoms in total. The van der Waals surface area contributed by atoms with E-state index in [0.29, 0.717) is 17.1 Å². The molecule has 5 heteroatoms. The molecule has 0 bridgehead atoms. The summed E-state index contributed by atoms with van der Waals surface area (Å²) in [7, 11) is 1.71. The number of nitrogens with one attached hydrogen (secondary N) is 1. The molecule has 0 heterocycles. The molecule has 1 aromatic carbocycles. The summed E-state index contributed by atoms with van der Waals surface area (Å²) < 4.78 is 0.731. The van der Waals surface area contributed by atoms with E-state index in [0.717, 1.165) is 4.47 Å². The summed E-state index contributed by atoms with van der Waals surface area (Å²) in [4.78, 5) is 0. The van der Waals surface area contributed by atoms with Crippen molar-refractivity contribution in [2.75, 3.05) is 13.6 Å². The number of benzene rings is 1. The van der Waals surface area contributed by atoms with Gasteiger partial charge in [0.2, 0.25) is 0 Å². The quantitative estimate of drug-likeness (QED) is 0.792. The standard InChI is InChI=1S/C10H13BrClNO2/c1-13-5-9(14)10(15)7-4-6(12)2-3-8(7)11/h2-4,9-10,13-15H,5H2,1H3. The second-order valence-corrected chi connectivity index (χ2v) is 4.53. The zero-order valence-corrected chi connectivity index (χ0v) is 10.6. The number of hydrogen-bond donors (Lipinski definition) is 3. The van der Waals surface area contributed by atoms with Crippen LogP contribution >= 0.6 is 27.5 Å². The van der Waals surface area contributed by atoms with Crippen LogP contribution in [0.15, 0.2) is 22.7 Å². The molecule has 84 valence electrons. The van der Waals surface area contributed by atoms with Gasteiger partial charge in [0.1, 0.15) is 6.10 Å². The Balaban J connectivity index is 2.89. The lowest BCUT2D eigenvalue weighted by Gasteiger charge is -2.19. The first-order chi connectivity index (χ1) is 7.06. The highest BCUT2D eigenvalue weighted by atomic mass is 79.9. The van der Waals surface area contributed by atoms with E-state index in [9.17, 15) is 10.2 Å². The molecule has 2 unspecified atom stereocenters. The zero-order chi connectivity index (χ0) is 11.4. The first-order valence-electron chi connectivity index (χ1n) is 4.52. The van der Waals surface area contributed by atoms with E-state index in [1.807, 2.05) is 0 Å². The maximum Gasteiger partial charge on any atom is 0.107 e. The van der Waals surface area contributed by atoms with Crippen molar-refractivity contribution in [3.05, 3.63) is 33.3 Å². The molecular formula is C10H13BrClNO2. The molecule has 1 rings (SSSR count). The third kappa shape index (κ3) is 3.43. The van der Waals surface area contributed by atoms with Gasteiger partial charge < -0.3 is 15.5 Å². The summed E-state index contributed by atoms with van der Waals surface area (Å²) in [6.45, 7) is 0.320. The Morgan fingerprint density at radius 2 is 2.13 bits per heavy atom. The minimum Gasteiger partial charge on any atom is -0.389 e. The highest BCUT2D eigenvalue weighted by molar-refractivity contribution is 9.10. The number of halogens is 2. The molecule has 0 spiro atoms. The van der Waals surface area contributed by atoms with Crippen LogP contribution in [0, 0.1) is 0 Å². The van der Waals surface area contributed by atoms with Gasteiger partial charge in [-0.25, -0.2) is 0 Å². The molecule has 3 N–H and O–H groups in total. The molecule has 0 saturated carbocycles. The average Bonchev–Trinajstić information content (AvgIpc) is 2.21. The zero-order valence-electron chi connectivity index (χ0n) is 8.24. The van der Waals surface area contributed by atoms with Crippen molar-refractivity contribution in [2.24, 2.45) is 0 Å². The Hall–Kier alpha value is -0.130. The van der Waals surface area contributed by atoms with Crippen molar-refractivity contribution in [1.82, 2.24) is 5.32 Å². The molecule has 15 heavy (non-hydrogen) atoms. The van der Waals surface area contributed by atoms with Crippen LogP contribution in [0.3, 0.4) is 0 Å². The summed E-state index contributed by atoms with van der Waals surface area (Å²) >= 11 is 9.11. The monoisotopic (exact) mass is 293 g/mol. The van der Waals surface area contributed by atoms with Gasteiger partial charge in [-0.3, -0.25) is 0 Å². The van der Waals surface area contributed by atoms with E-state index in [1.165, 1.54) is 0 Å². The second kappa shape index (κ2) is 5.82. The number of aliphatic hydroxyl groups is 2. The fourth-order valence-electron chi connectivity index (χ4n) is 1.27. The lowest BCUT2D eigenvalue weighted by Crippen LogP contribution is -2.29. The van der Waals surface area contributed by atoms with Crippen LogP contribution in [0.25, 0.3) is 0 Å². The molecule has 0 aromatic heterocycles. The molecule has 1 aromatic rings. The minimum atomic E-state index is -0.953. The van der Waals surface area contributed by atoms with Crippen LogP contribution in [-0.4, -0.2) is 29.9 Å². The highest BCUT2D eigenvalue weighted by Crippen LogP contribution is 2.28. The Labute approximate surface area is 102 Å². The lowest BCUT2D eigenvalue weighted by atomic mass is 10.0. The number of likely N-dealkylation sites (N-methyl/N-ethyl adjacent to an activating group) is 1. The fraction of sp³-hybridized carbons (Fsp3) is 0.400. The van der Waals surface area contributed by atoms with Crippen LogP contribution in [-0.2, 0) is 0 Å². The molecule has 0 amide bonds. The van der Waals surface area contributed by atoms with Crippen molar-refractivity contribution in [1.29, 1.82) is 0 Å². The lowest BCUT2D eigenvalue weighted by molar-refractivity contribution is 0.0198. The first-order valence-corrected chi connectivity index (χ1v) is 5.69. The van der Waals surface area contributed by atoms with Gasteiger partial charge in [0.25, 0.3) is 0 Å². The van der Waals surface area contributed by atoms with Crippen molar-refractivity contribution < 1.29 is 10.2 Å². The third-order valence-electron chi connectivity index (χ3n) is 2.05. The van der Waals surface area contributed by atoms with Crippen LogP contribution < -0.4 is 5.32 Å². The fourth-order valence-corrected chi connectivity index (χ4v) is 1.93. The van der Waals surface area contributed by atoms with E-state index in [4.69, 9.17) is 11.6 Å². The van der Waals surface area contributed by atoms with Crippen LogP contribution in [0.4, 0.5) is 0 Å². The van der Waals surface area contributed by atoms with E-state index in [1.54, 1.807) is 25.2 Å². The summed E-state index contributed by atoms with van der Waals surface area (Å²) in [6, 6.07) is 5.09. The van der Waals surface area contributed by atoms with E-state index in [2.05, 4.69) is 21.2 Å². The largest absolute Gasteiger partial charge is 0.389 e. The van der Waals surface area contributed by atoms with Gasteiger partial charge in [-0.15, -0.1) is 0 Å². The predicted molar refractivity (Wildman–Crippen MR) is 64.0 cm³/mol. The van der Waals surface area contributed by atoms with E-state index >= 15 is 0 Å². The number of aliphatic hydroxyl groups excluding tert-OH is 2. The maximum absolute atomic E-state index is 9.85. The molecule has 0 radical (unpaired) electrons. The van der Waals surface area contributed by atoms with Crippen molar-refractivity contribution >= 4 is 27.5 Å². The molecule has 0 fully saturated rings. The molecular weight excluding hydrogens is 281 g/mol. The van der Waals surface area contributed by atoms with Gasteiger partial charge in [-0.1, -0.05) is 27.5 Å². The van der Waals surface area contributed by atoms with Crippen molar-refractivity contribution in [3.8, 4) is 0 Å². The van der Waals surface area contributed by atoms with Crippen LogP contribution in [0.2, 0.25) is 5.02 Å². The van der Waals surface area contributed by atoms with Gasteiger partial charge in [0, 0.05) is 16.0 Å². The third-order valence-corrected chi connectivity index (χ3v) is 3.01. The molecule has 0 aliphatic heterocycles. The number of hydrogen-bond acceptors (Lipinski definition) is 3. The Morgan fingerprint density at radius 3 is 2.73 bits per heavy atom. The SMILES string of the molecule is CNCC(O)C(O)c1cc(Cl)ccc1Br. The Morgan fingerprint density at radius 1 is 1.47 bits per heavy atom. The van der Waals surface area contributed by atoms with Gasteiger partial charge in [-0.05, 0) is 30.8 Å². The van der Waals surface area contributed by atoms with Gasteiger partial charge in [-0.2, -0.15) is 0 Å². The average molecular weight is 295 g/mol. The highest BCUT2D eigenvalue weighted by Gasteiger charge is 2.19.